The normalized spacial score (nSPS) is 19.6. The van der Waals surface area contributed by atoms with Gasteiger partial charge in [0.25, 0.3) is 0 Å². The number of hydrogen-bond donors (Lipinski definition) is 0. The molecule has 0 aliphatic heterocycles. The van der Waals surface area contributed by atoms with Gasteiger partial charge >= 0.3 is 0 Å². The van der Waals surface area contributed by atoms with Crippen LogP contribution in [0.2, 0.25) is 13.1 Å². The molecule has 2 heteroatoms. The second-order valence-corrected chi connectivity index (χ2v) is 8.99. The van der Waals surface area contributed by atoms with Crippen molar-refractivity contribution in [2.24, 2.45) is 17.3 Å². The average Bonchev–Trinajstić information content (AvgIpc) is 2.23. The topological polar surface area (TPSA) is 9.23 Å². The molecule has 1 fully saturated rings. The molecule has 0 unspecified atom stereocenters. The summed E-state index contributed by atoms with van der Waals surface area (Å²) in [5.41, 5.74) is 0.275. The highest BCUT2D eigenvalue weighted by Crippen LogP contribution is 2.39. The molecule has 1 nitrogen and oxygen atoms in total. The second-order valence-electron chi connectivity index (χ2n) is 6.65. The van der Waals surface area contributed by atoms with E-state index >= 15 is 0 Å². The number of hydrogen-bond acceptors (Lipinski definition) is 1. The van der Waals surface area contributed by atoms with Crippen LogP contribution in [0.4, 0.5) is 0 Å². The molecular weight excluding hydrogens is 224 g/mol. The zero-order valence-electron chi connectivity index (χ0n) is 12.2. The van der Waals surface area contributed by atoms with Crippen molar-refractivity contribution in [1.29, 1.82) is 0 Å². The van der Waals surface area contributed by atoms with Crippen molar-refractivity contribution in [1.82, 2.24) is 0 Å². The Balaban J connectivity index is 2.68. The molecule has 1 rings (SSSR count). The van der Waals surface area contributed by atoms with Gasteiger partial charge in [0.15, 0.2) is 0 Å². The summed E-state index contributed by atoms with van der Waals surface area (Å²) < 4.78 is 5.54. The first-order valence-electron chi connectivity index (χ1n) is 7.07. The van der Waals surface area contributed by atoms with E-state index in [1.54, 1.807) is 0 Å². The molecule has 0 spiro atoms. The van der Waals surface area contributed by atoms with Crippen LogP contribution < -0.4 is 0 Å². The standard InChI is InChI=1S/C15H28OSi/c1-15(2,3)14(11-12-16-17(4)5)13-9-7-6-8-10-13/h13-14,17H,6-10H2,1-5H3/t14-/m1/s1. The van der Waals surface area contributed by atoms with Crippen LogP contribution in [-0.4, -0.2) is 9.04 Å². The minimum absolute atomic E-state index is 0.275. The Kier molecular flexibility index (Phi) is 5.59. The first-order valence-corrected chi connectivity index (χ1v) is 9.85. The summed E-state index contributed by atoms with van der Waals surface area (Å²) in [5, 5.41) is 0. The highest BCUT2D eigenvalue weighted by atomic mass is 28.3. The van der Waals surface area contributed by atoms with E-state index in [-0.39, 0.29) is 5.41 Å². The lowest BCUT2D eigenvalue weighted by Gasteiger charge is -2.35. The van der Waals surface area contributed by atoms with E-state index in [0.717, 1.165) is 5.92 Å². The van der Waals surface area contributed by atoms with Crippen molar-refractivity contribution in [3.05, 3.63) is 0 Å². The van der Waals surface area contributed by atoms with Crippen molar-refractivity contribution in [3.8, 4) is 12.0 Å². The quantitative estimate of drug-likeness (QED) is 0.529. The maximum Gasteiger partial charge on any atom is 0.244 e. The van der Waals surface area contributed by atoms with Crippen molar-refractivity contribution >= 4 is 9.04 Å². The van der Waals surface area contributed by atoms with Gasteiger partial charge in [0.05, 0.1) is 6.11 Å². The van der Waals surface area contributed by atoms with E-state index in [1.165, 1.54) is 32.1 Å². The molecule has 0 amide bonds. The summed E-state index contributed by atoms with van der Waals surface area (Å²) in [6.07, 6.45) is 9.90. The molecule has 0 heterocycles. The maximum absolute atomic E-state index is 5.54. The zero-order valence-corrected chi connectivity index (χ0v) is 13.3. The molecule has 0 aromatic heterocycles. The fourth-order valence-electron chi connectivity index (χ4n) is 2.72. The van der Waals surface area contributed by atoms with Gasteiger partial charge in [0.1, 0.15) is 0 Å². The van der Waals surface area contributed by atoms with E-state index < -0.39 is 9.04 Å². The molecule has 98 valence electrons. The van der Waals surface area contributed by atoms with Gasteiger partial charge in [-0.25, -0.2) is 0 Å². The van der Waals surface area contributed by atoms with Crippen LogP contribution in [0.1, 0.15) is 52.9 Å². The molecular formula is C15H28OSi. The third-order valence-corrected chi connectivity index (χ3v) is 4.15. The van der Waals surface area contributed by atoms with E-state index in [9.17, 15) is 0 Å². The Morgan fingerprint density at radius 2 is 1.71 bits per heavy atom. The summed E-state index contributed by atoms with van der Waals surface area (Å²) in [7, 11) is -0.999. The molecule has 0 saturated heterocycles. The van der Waals surface area contributed by atoms with Crippen LogP contribution in [0.15, 0.2) is 0 Å². The SMILES string of the molecule is C[SiH](C)OC#C[C@H](C1CCCCC1)C(C)(C)C. The van der Waals surface area contributed by atoms with Crippen LogP contribution in [0.25, 0.3) is 0 Å². The van der Waals surface area contributed by atoms with E-state index in [4.69, 9.17) is 4.43 Å². The summed E-state index contributed by atoms with van der Waals surface area (Å²) >= 11 is 0. The van der Waals surface area contributed by atoms with Crippen molar-refractivity contribution in [2.45, 2.75) is 66.0 Å². The van der Waals surface area contributed by atoms with Crippen LogP contribution in [0.5, 0.6) is 0 Å². The first-order chi connectivity index (χ1) is 7.91. The van der Waals surface area contributed by atoms with Gasteiger partial charge in [-0.2, -0.15) is 0 Å². The Bertz CT molecular complexity index is 274. The molecule has 1 aliphatic carbocycles. The molecule has 0 bridgehead atoms. The molecule has 0 N–H and O–H groups in total. The van der Waals surface area contributed by atoms with Gasteiger partial charge in [-0.3, -0.25) is 0 Å². The lowest BCUT2D eigenvalue weighted by atomic mass is 9.69. The molecule has 17 heavy (non-hydrogen) atoms. The van der Waals surface area contributed by atoms with Gasteiger partial charge < -0.3 is 4.43 Å². The zero-order chi connectivity index (χ0) is 12.9. The fourth-order valence-corrected chi connectivity index (χ4v) is 3.03. The van der Waals surface area contributed by atoms with E-state index in [0.29, 0.717) is 5.92 Å². The minimum Gasteiger partial charge on any atom is -0.505 e. The Morgan fingerprint density at radius 3 is 2.18 bits per heavy atom. The largest absolute Gasteiger partial charge is 0.505 e. The van der Waals surface area contributed by atoms with E-state index in [1.807, 2.05) is 0 Å². The predicted octanol–water partition coefficient (Wildman–Crippen LogP) is 4.19. The van der Waals surface area contributed by atoms with Crippen LogP contribution in [0.3, 0.4) is 0 Å². The first kappa shape index (κ1) is 14.6. The van der Waals surface area contributed by atoms with E-state index in [2.05, 4.69) is 45.9 Å². The number of rotatable bonds is 2. The van der Waals surface area contributed by atoms with Crippen molar-refractivity contribution in [2.75, 3.05) is 0 Å². The summed E-state index contributed by atoms with van der Waals surface area (Å²) in [6.45, 7) is 11.3. The maximum atomic E-state index is 5.54. The summed E-state index contributed by atoms with van der Waals surface area (Å²) in [6, 6.07) is 0. The van der Waals surface area contributed by atoms with Gasteiger partial charge in [-0.15, -0.1) is 0 Å². The fraction of sp³-hybridized carbons (Fsp3) is 0.867. The van der Waals surface area contributed by atoms with Gasteiger partial charge in [0.2, 0.25) is 9.04 Å². The Hall–Kier alpha value is -0.423. The molecule has 1 atom stereocenters. The Morgan fingerprint density at radius 1 is 1.12 bits per heavy atom. The molecule has 1 saturated carbocycles. The van der Waals surface area contributed by atoms with Crippen molar-refractivity contribution in [3.63, 3.8) is 0 Å². The second kappa shape index (κ2) is 6.49. The lowest BCUT2D eigenvalue weighted by molar-refractivity contribution is 0.174. The molecule has 0 radical (unpaired) electrons. The van der Waals surface area contributed by atoms with Crippen LogP contribution in [-0.2, 0) is 4.43 Å². The smallest absolute Gasteiger partial charge is 0.244 e. The summed E-state index contributed by atoms with van der Waals surface area (Å²) in [4.78, 5) is 0. The van der Waals surface area contributed by atoms with Crippen LogP contribution >= 0.6 is 0 Å². The summed E-state index contributed by atoms with van der Waals surface area (Å²) in [5.74, 6) is 4.70. The average molecular weight is 252 g/mol. The van der Waals surface area contributed by atoms with Crippen LogP contribution in [0, 0.1) is 29.3 Å². The van der Waals surface area contributed by atoms with Gasteiger partial charge in [-0.1, -0.05) is 46.0 Å². The third-order valence-electron chi connectivity index (χ3n) is 3.56. The highest BCUT2D eigenvalue weighted by Gasteiger charge is 2.31. The van der Waals surface area contributed by atoms with Gasteiger partial charge in [0, 0.05) is 5.92 Å². The van der Waals surface area contributed by atoms with Gasteiger partial charge in [-0.05, 0) is 37.3 Å². The lowest BCUT2D eigenvalue weighted by Crippen LogP contribution is -2.28. The minimum atomic E-state index is -0.999. The monoisotopic (exact) mass is 252 g/mol. The van der Waals surface area contributed by atoms with Crippen molar-refractivity contribution < 1.29 is 4.43 Å². The Labute approximate surface area is 109 Å². The third kappa shape index (κ3) is 5.17. The highest BCUT2D eigenvalue weighted by molar-refractivity contribution is 6.48. The molecule has 0 aromatic carbocycles. The predicted molar refractivity (Wildman–Crippen MR) is 77.3 cm³/mol. The molecule has 0 aromatic rings. The molecule has 1 aliphatic rings.